The van der Waals surface area contributed by atoms with E-state index < -0.39 is 0 Å². The summed E-state index contributed by atoms with van der Waals surface area (Å²) in [5.41, 5.74) is 6.97. The number of rotatable bonds is 1. The van der Waals surface area contributed by atoms with E-state index in [1.165, 1.54) is 17.3 Å². The van der Waals surface area contributed by atoms with Crippen LogP contribution in [0.3, 0.4) is 0 Å². The van der Waals surface area contributed by atoms with Crippen molar-refractivity contribution >= 4 is 16.6 Å². The number of hydrogen-bond donors (Lipinski definition) is 2. The Balaban J connectivity index is 1.36. The molecule has 178 valence electrons. The van der Waals surface area contributed by atoms with Gasteiger partial charge in [-0.15, -0.1) is 0 Å². The fourth-order valence-electron chi connectivity index (χ4n) is 5.53. The van der Waals surface area contributed by atoms with Crippen molar-refractivity contribution in [2.75, 3.05) is 31.1 Å². The fraction of sp³-hybridized carbons (Fsp3) is 0.333. The molecule has 8 rings (SSSR count). The number of aromatic nitrogens is 3. The molecule has 0 amide bonds. The summed E-state index contributed by atoms with van der Waals surface area (Å²) in [5, 5.41) is 12.2. The summed E-state index contributed by atoms with van der Waals surface area (Å²) < 4.78 is 26.8. The highest BCUT2D eigenvalue weighted by molar-refractivity contribution is 5.95. The molecule has 6 bridgehead atoms. The van der Waals surface area contributed by atoms with Crippen LogP contribution in [-0.2, 0) is 22.6 Å². The lowest BCUT2D eigenvalue weighted by Crippen LogP contribution is -2.57. The molecular formula is C27H26FN5O2. The van der Waals surface area contributed by atoms with E-state index >= 15 is 0 Å². The summed E-state index contributed by atoms with van der Waals surface area (Å²) in [6.45, 7) is 4.12. The maximum atomic E-state index is 15.0. The first-order chi connectivity index (χ1) is 17.2. The van der Waals surface area contributed by atoms with Gasteiger partial charge in [-0.2, -0.15) is 5.10 Å². The van der Waals surface area contributed by atoms with Crippen LogP contribution >= 0.6 is 0 Å². The number of aromatic amines is 1. The van der Waals surface area contributed by atoms with Crippen molar-refractivity contribution in [2.45, 2.75) is 31.8 Å². The molecule has 7 nitrogen and oxygen atoms in total. The Morgan fingerprint density at radius 3 is 2.83 bits per heavy atom. The van der Waals surface area contributed by atoms with Gasteiger partial charge in [-0.1, -0.05) is 18.2 Å². The molecule has 4 aliphatic heterocycles. The Morgan fingerprint density at radius 2 is 1.94 bits per heavy atom. The molecule has 6 heterocycles. The highest BCUT2D eigenvalue weighted by Gasteiger charge is 2.38. The molecule has 0 saturated carbocycles. The molecule has 2 atom stereocenters. The van der Waals surface area contributed by atoms with Crippen LogP contribution in [0.15, 0.2) is 48.7 Å². The Hall–Kier alpha value is -3.33. The van der Waals surface area contributed by atoms with E-state index in [1.807, 2.05) is 12.1 Å². The number of pyridine rings is 1. The molecule has 0 radical (unpaired) electrons. The normalized spacial score (nSPS) is 21.8. The van der Waals surface area contributed by atoms with Gasteiger partial charge < -0.3 is 19.7 Å². The first kappa shape index (κ1) is 21.0. The van der Waals surface area contributed by atoms with Gasteiger partial charge >= 0.3 is 0 Å². The minimum absolute atomic E-state index is 0.305. The van der Waals surface area contributed by atoms with Gasteiger partial charge in [-0.05, 0) is 35.4 Å². The van der Waals surface area contributed by atoms with Crippen LogP contribution in [0.2, 0.25) is 0 Å². The minimum Gasteiger partial charge on any atom is -0.375 e. The van der Waals surface area contributed by atoms with Gasteiger partial charge in [-0.25, -0.2) is 4.39 Å². The minimum atomic E-state index is -0.305. The largest absolute Gasteiger partial charge is 0.375 e. The monoisotopic (exact) mass is 471 g/mol. The molecule has 4 aromatic rings. The Labute approximate surface area is 202 Å². The second-order valence-corrected chi connectivity index (χ2v) is 9.55. The van der Waals surface area contributed by atoms with Crippen molar-refractivity contribution < 1.29 is 13.9 Å². The third kappa shape index (κ3) is 3.69. The summed E-state index contributed by atoms with van der Waals surface area (Å²) in [7, 11) is 0. The zero-order chi connectivity index (χ0) is 23.4. The zero-order valence-electron chi connectivity index (χ0n) is 19.3. The Bertz CT molecular complexity index is 1400. The van der Waals surface area contributed by atoms with Crippen molar-refractivity contribution in [3.8, 4) is 22.5 Å². The molecule has 2 aromatic heterocycles. The van der Waals surface area contributed by atoms with Crippen LogP contribution in [0, 0.1) is 5.82 Å². The molecule has 3 saturated heterocycles. The summed E-state index contributed by atoms with van der Waals surface area (Å²) in [5.74, 6) is -0.305. The smallest absolute Gasteiger partial charge is 0.132 e. The SMILES string of the molecule is Fc1cccc2c1-c1cc3c(n[nH]c3cn1)-c1ccc(N3CC4CC(C3)O4)c(c1)CNCCOC2. The number of halogens is 1. The second-order valence-electron chi connectivity index (χ2n) is 9.55. The van der Waals surface area contributed by atoms with Crippen molar-refractivity contribution in [3.05, 3.63) is 65.6 Å². The number of benzene rings is 2. The summed E-state index contributed by atoms with van der Waals surface area (Å²) >= 11 is 0. The molecule has 2 aromatic carbocycles. The van der Waals surface area contributed by atoms with Crippen LogP contribution in [-0.4, -0.2) is 53.6 Å². The van der Waals surface area contributed by atoms with E-state index in [1.54, 1.807) is 12.3 Å². The highest BCUT2D eigenvalue weighted by atomic mass is 19.1. The van der Waals surface area contributed by atoms with E-state index in [9.17, 15) is 4.39 Å². The van der Waals surface area contributed by atoms with E-state index in [0.717, 1.165) is 53.8 Å². The van der Waals surface area contributed by atoms with E-state index in [-0.39, 0.29) is 5.82 Å². The zero-order valence-corrected chi connectivity index (χ0v) is 19.3. The number of hydrogen-bond acceptors (Lipinski definition) is 6. The van der Waals surface area contributed by atoms with E-state index in [0.29, 0.717) is 43.2 Å². The van der Waals surface area contributed by atoms with Gasteiger partial charge in [0.2, 0.25) is 0 Å². The lowest BCUT2D eigenvalue weighted by atomic mass is 9.96. The number of anilines is 1. The average Bonchev–Trinajstić information content (AvgIpc) is 3.28. The van der Waals surface area contributed by atoms with E-state index in [2.05, 4.69) is 43.6 Å². The predicted octanol–water partition coefficient (Wildman–Crippen LogP) is 4.03. The van der Waals surface area contributed by atoms with Gasteiger partial charge in [0.1, 0.15) is 11.5 Å². The number of H-pyrrole nitrogens is 1. The summed E-state index contributed by atoms with van der Waals surface area (Å²) in [4.78, 5) is 6.99. The van der Waals surface area contributed by atoms with Crippen LogP contribution in [0.5, 0.6) is 0 Å². The number of piperidine rings is 1. The number of nitrogens with zero attached hydrogens (tertiary/aromatic N) is 3. The number of ether oxygens (including phenoxy) is 2. The predicted molar refractivity (Wildman–Crippen MR) is 132 cm³/mol. The lowest BCUT2D eigenvalue weighted by molar-refractivity contribution is -0.133. The first-order valence-electron chi connectivity index (χ1n) is 12.2. The average molecular weight is 472 g/mol. The van der Waals surface area contributed by atoms with Gasteiger partial charge in [0.05, 0.1) is 42.8 Å². The summed E-state index contributed by atoms with van der Waals surface area (Å²) in [6, 6.07) is 13.6. The van der Waals surface area contributed by atoms with Crippen LogP contribution in [0.1, 0.15) is 17.5 Å². The molecule has 4 aliphatic rings. The van der Waals surface area contributed by atoms with Crippen LogP contribution < -0.4 is 10.2 Å². The van der Waals surface area contributed by atoms with Crippen molar-refractivity contribution in [2.24, 2.45) is 0 Å². The Kier molecular flexibility index (Phi) is 5.04. The van der Waals surface area contributed by atoms with Gasteiger partial charge in [0.15, 0.2) is 0 Å². The lowest BCUT2D eigenvalue weighted by Gasteiger charge is -2.48. The quantitative estimate of drug-likeness (QED) is 0.437. The van der Waals surface area contributed by atoms with Crippen molar-refractivity contribution in [1.29, 1.82) is 0 Å². The first-order valence-corrected chi connectivity index (χ1v) is 12.2. The van der Waals surface area contributed by atoms with Crippen molar-refractivity contribution in [3.63, 3.8) is 0 Å². The van der Waals surface area contributed by atoms with Crippen LogP contribution in [0.25, 0.3) is 33.4 Å². The molecular weight excluding hydrogens is 445 g/mol. The maximum absolute atomic E-state index is 15.0. The molecule has 35 heavy (non-hydrogen) atoms. The van der Waals surface area contributed by atoms with Gasteiger partial charge in [0.25, 0.3) is 0 Å². The third-order valence-electron chi connectivity index (χ3n) is 7.25. The third-order valence-corrected chi connectivity index (χ3v) is 7.25. The standard InChI is InChI=1S/C27H26FN5O2/c28-22-3-1-2-17-15-34-7-6-29-11-18-8-16(4-5-25(18)33-13-19-9-20(14-33)35-19)27-21-10-23(26(17)22)30-12-24(21)31-32-27/h1-5,8,10,12,19-20,29H,6-7,9,11,13-15H2,(H,31,32). The summed E-state index contributed by atoms with van der Waals surface area (Å²) in [6.07, 6.45) is 3.57. The van der Waals surface area contributed by atoms with Crippen LogP contribution in [0.4, 0.5) is 10.1 Å². The molecule has 3 fully saturated rings. The van der Waals surface area contributed by atoms with E-state index in [4.69, 9.17) is 9.47 Å². The number of fused-ring (bicyclic) bond motifs is 8. The highest BCUT2D eigenvalue weighted by Crippen LogP contribution is 2.37. The second kappa shape index (κ2) is 8.41. The number of nitrogens with one attached hydrogen (secondary N) is 2. The number of morpholine rings is 1. The van der Waals surface area contributed by atoms with Crippen molar-refractivity contribution in [1.82, 2.24) is 20.5 Å². The molecule has 2 N–H and O–H groups in total. The maximum Gasteiger partial charge on any atom is 0.132 e. The molecule has 8 heteroatoms. The topological polar surface area (TPSA) is 75.3 Å². The fourth-order valence-corrected chi connectivity index (χ4v) is 5.53. The molecule has 2 unspecified atom stereocenters. The van der Waals surface area contributed by atoms with Gasteiger partial charge in [0, 0.05) is 54.8 Å². The molecule has 0 spiro atoms. The Morgan fingerprint density at radius 1 is 1.06 bits per heavy atom. The van der Waals surface area contributed by atoms with Gasteiger partial charge in [-0.3, -0.25) is 10.1 Å². The molecule has 0 aliphatic carbocycles.